The highest BCUT2D eigenvalue weighted by Crippen LogP contribution is 2.46. The number of hydrogen-bond acceptors (Lipinski definition) is 7. The van der Waals surface area contributed by atoms with Crippen LogP contribution in [-0.2, 0) is 4.79 Å². The van der Waals surface area contributed by atoms with E-state index in [9.17, 15) is 4.79 Å². The van der Waals surface area contributed by atoms with Gasteiger partial charge in [-0.15, -0.1) is 0 Å². The van der Waals surface area contributed by atoms with E-state index in [4.69, 9.17) is 0 Å². The quantitative estimate of drug-likeness (QED) is 0.520. The summed E-state index contributed by atoms with van der Waals surface area (Å²) in [5.41, 5.74) is 1.03. The molecule has 0 spiro atoms. The first-order valence-corrected chi connectivity index (χ1v) is 14.0. The van der Waals surface area contributed by atoms with Gasteiger partial charge >= 0.3 is 0 Å². The maximum atomic E-state index is 13.7. The largest absolute Gasteiger partial charge is 0.355 e. The van der Waals surface area contributed by atoms with Gasteiger partial charge in [-0.1, -0.05) is 25.7 Å². The molecule has 5 aliphatic rings. The van der Waals surface area contributed by atoms with Crippen molar-refractivity contribution in [2.75, 3.05) is 32.5 Å². The second-order valence-corrected chi connectivity index (χ2v) is 11.9. The molecule has 8 unspecified atom stereocenters. The van der Waals surface area contributed by atoms with Crippen LogP contribution >= 0.6 is 0 Å². The van der Waals surface area contributed by atoms with E-state index < -0.39 is 0 Å². The van der Waals surface area contributed by atoms with Gasteiger partial charge in [-0.2, -0.15) is 5.10 Å². The van der Waals surface area contributed by atoms with Crippen LogP contribution in [0.25, 0.3) is 0 Å². The fourth-order valence-corrected chi connectivity index (χ4v) is 7.98. The smallest absolute Gasteiger partial charge is 0.227 e. The highest BCUT2D eigenvalue weighted by Gasteiger charge is 2.52. The van der Waals surface area contributed by atoms with Gasteiger partial charge in [0.05, 0.1) is 36.1 Å². The number of nitrogens with zero attached hydrogens (tertiary/aromatic N) is 4. The van der Waals surface area contributed by atoms with E-state index in [0.29, 0.717) is 18.0 Å². The number of carbonyl (C=O) groups excluding carboxylic acids is 1. The first kappa shape index (κ1) is 23.7. The Labute approximate surface area is 209 Å². The molecule has 4 heterocycles. The van der Waals surface area contributed by atoms with Crippen LogP contribution in [-0.4, -0.2) is 83.3 Å². The third-order valence-corrected chi connectivity index (χ3v) is 9.90. The summed E-state index contributed by atoms with van der Waals surface area (Å²) in [7, 11) is 4.28. The number of carbonyl (C=O) groups is 1. The molecule has 2 saturated carbocycles. The molecule has 3 aliphatic heterocycles. The fraction of sp³-hybridized carbons (Fsp3) is 0.846. The van der Waals surface area contributed by atoms with Crippen molar-refractivity contribution in [3.05, 3.63) is 12.4 Å². The Bertz CT molecular complexity index is 900. The first-order chi connectivity index (χ1) is 17.0. The molecule has 9 nitrogen and oxygen atoms in total. The van der Waals surface area contributed by atoms with Gasteiger partial charge in [0, 0.05) is 25.3 Å². The number of hydrogen-bond donors (Lipinski definition) is 4. The Morgan fingerprint density at radius 1 is 1.03 bits per heavy atom. The van der Waals surface area contributed by atoms with Crippen molar-refractivity contribution < 1.29 is 4.79 Å². The highest BCUT2D eigenvalue weighted by molar-refractivity contribution is 5.80. The zero-order valence-electron chi connectivity index (χ0n) is 21.6. The van der Waals surface area contributed by atoms with Gasteiger partial charge in [-0.25, -0.2) is 0 Å². The molecule has 1 aromatic heterocycles. The van der Waals surface area contributed by atoms with Crippen molar-refractivity contribution in [3.8, 4) is 0 Å². The fourth-order valence-electron chi connectivity index (χ4n) is 7.98. The molecule has 1 aromatic rings. The Morgan fingerprint density at radius 2 is 1.77 bits per heavy atom. The molecule has 35 heavy (non-hydrogen) atoms. The number of aromatic nitrogens is 2. The van der Waals surface area contributed by atoms with Crippen molar-refractivity contribution in [2.24, 2.45) is 17.8 Å². The Kier molecular flexibility index (Phi) is 6.53. The number of rotatable bonds is 3. The number of likely N-dealkylation sites (N-methyl/N-ethyl adjacent to an activating group) is 2. The molecule has 1 amide bonds. The van der Waals surface area contributed by atoms with Crippen LogP contribution in [0.3, 0.4) is 0 Å². The summed E-state index contributed by atoms with van der Waals surface area (Å²) in [6.07, 6.45) is 13.9. The van der Waals surface area contributed by atoms with Crippen LogP contribution in [0.2, 0.25) is 0 Å². The lowest BCUT2D eigenvalue weighted by atomic mass is 9.65. The maximum absolute atomic E-state index is 13.7. The molecule has 3 saturated heterocycles. The van der Waals surface area contributed by atoms with Gasteiger partial charge in [0.1, 0.15) is 6.29 Å². The van der Waals surface area contributed by atoms with Gasteiger partial charge in [-0.3, -0.25) is 25.0 Å². The van der Waals surface area contributed by atoms with E-state index in [1.54, 1.807) is 0 Å². The zero-order valence-corrected chi connectivity index (χ0v) is 21.6. The lowest BCUT2D eigenvalue weighted by Gasteiger charge is -2.50. The summed E-state index contributed by atoms with van der Waals surface area (Å²) in [6, 6.07) is 1.05. The van der Waals surface area contributed by atoms with E-state index in [0.717, 1.165) is 49.9 Å². The van der Waals surface area contributed by atoms with E-state index in [1.807, 2.05) is 13.2 Å². The van der Waals surface area contributed by atoms with Crippen molar-refractivity contribution in [2.45, 2.75) is 94.9 Å². The average Bonchev–Trinajstić information content (AvgIpc) is 3.32. The number of amides is 1. The molecule has 6 rings (SSSR count). The summed E-state index contributed by atoms with van der Waals surface area (Å²) < 4.78 is 2.12. The molecule has 0 radical (unpaired) electrons. The summed E-state index contributed by atoms with van der Waals surface area (Å²) in [5, 5.41) is 19.2. The van der Waals surface area contributed by atoms with Gasteiger partial charge < -0.3 is 15.5 Å². The molecular weight excluding hydrogens is 440 g/mol. The van der Waals surface area contributed by atoms with Gasteiger partial charge in [0.2, 0.25) is 5.91 Å². The lowest BCUT2D eigenvalue weighted by Crippen LogP contribution is -2.74. The van der Waals surface area contributed by atoms with Crippen LogP contribution in [0.15, 0.2) is 12.4 Å². The number of nitrogens with one attached hydrogen (secondary N) is 4. The van der Waals surface area contributed by atoms with Crippen molar-refractivity contribution in [1.82, 2.24) is 35.5 Å². The second-order valence-electron chi connectivity index (χ2n) is 11.9. The monoisotopic (exact) mass is 484 g/mol. The molecule has 0 bridgehead atoms. The van der Waals surface area contributed by atoms with E-state index >= 15 is 0 Å². The minimum absolute atomic E-state index is 0.0783. The predicted octanol–water partition coefficient (Wildman–Crippen LogP) is 1.77. The standard InChI is InChI=1S/C26H44N8O/c1-16-23-24(31-26(29-16)30-19-14-28-34(15-19)20-8-10-27-11-9-20)32(2)22-13-18-7-5-4-6-17(18)12-21(22)25(35)33(23)3/h14-18,20-24,26-27,29-31H,4-13H2,1-3H3. The minimum Gasteiger partial charge on any atom is -0.355 e. The molecule has 0 aromatic carbocycles. The van der Waals surface area contributed by atoms with Gasteiger partial charge in [0.15, 0.2) is 0 Å². The molecule has 9 heteroatoms. The highest BCUT2D eigenvalue weighted by atomic mass is 16.2. The normalized spacial score (nSPS) is 41.0. The van der Waals surface area contributed by atoms with Crippen molar-refractivity contribution in [1.29, 1.82) is 0 Å². The Morgan fingerprint density at radius 3 is 2.54 bits per heavy atom. The first-order valence-electron chi connectivity index (χ1n) is 14.0. The van der Waals surface area contributed by atoms with Crippen LogP contribution < -0.4 is 21.3 Å². The summed E-state index contributed by atoms with van der Waals surface area (Å²) in [5.74, 6) is 2.00. The van der Waals surface area contributed by atoms with E-state index in [2.05, 4.69) is 61.0 Å². The van der Waals surface area contributed by atoms with Gasteiger partial charge in [-0.05, 0) is 64.6 Å². The second kappa shape index (κ2) is 9.65. The number of anilines is 1. The van der Waals surface area contributed by atoms with Crippen LogP contribution in [0.5, 0.6) is 0 Å². The SMILES string of the molecule is CC1NC(Nc2cnn(C3CCNCC3)c2)NC2C1N(C)C(=O)C1CC3CCCCC3CC1N2C. The summed E-state index contributed by atoms with van der Waals surface area (Å²) >= 11 is 0. The molecule has 2 aliphatic carbocycles. The average molecular weight is 485 g/mol. The Balaban J connectivity index is 1.19. The van der Waals surface area contributed by atoms with Crippen molar-refractivity contribution in [3.63, 3.8) is 0 Å². The molecule has 4 N–H and O–H groups in total. The molecular formula is C26H44N8O. The third-order valence-electron chi connectivity index (χ3n) is 9.90. The topological polar surface area (TPSA) is 89.5 Å². The van der Waals surface area contributed by atoms with Crippen LogP contribution in [0.1, 0.15) is 64.3 Å². The molecule has 5 fully saturated rings. The summed E-state index contributed by atoms with van der Waals surface area (Å²) in [6.45, 7) is 4.34. The predicted molar refractivity (Wildman–Crippen MR) is 137 cm³/mol. The minimum atomic E-state index is -0.0783. The Hall–Kier alpha value is -1.68. The van der Waals surface area contributed by atoms with Gasteiger partial charge in [0.25, 0.3) is 0 Å². The zero-order chi connectivity index (χ0) is 24.1. The molecule has 8 atom stereocenters. The van der Waals surface area contributed by atoms with Crippen molar-refractivity contribution >= 4 is 11.6 Å². The van der Waals surface area contributed by atoms with E-state index in [1.165, 1.54) is 32.1 Å². The maximum Gasteiger partial charge on any atom is 0.227 e. The lowest BCUT2D eigenvalue weighted by molar-refractivity contribution is -0.139. The van der Waals surface area contributed by atoms with Crippen LogP contribution in [0.4, 0.5) is 5.69 Å². The molecule has 194 valence electrons. The summed E-state index contributed by atoms with van der Waals surface area (Å²) in [4.78, 5) is 18.3. The number of fused-ring (bicyclic) bond motifs is 3. The third kappa shape index (κ3) is 4.38. The van der Waals surface area contributed by atoms with E-state index in [-0.39, 0.29) is 30.5 Å². The number of piperidine rings is 1. The van der Waals surface area contributed by atoms with Crippen LogP contribution in [0, 0.1) is 17.8 Å².